The minimum atomic E-state index is -1.85. The average Bonchev–Trinajstić information content (AvgIpc) is 3.22. The van der Waals surface area contributed by atoms with E-state index in [2.05, 4.69) is 4.98 Å². The fourth-order valence-electron chi connectivity index (χ4n) is 3.92. The van der Waals surface area contributed by atoms with Crippen LogP contribution >= 0.6 is 11.8 Å². The Morgan fingerprint density at radius 3 is 2.41 bits per heavy atom. The van der Waals surface area contributed by atoms with Crippen molar-refractivity contribution in [3.63, 3.8) is 0 Å². The molecule has 1 saturated heterocycles. The molecule has 10 heteroatoms. The standard InChI is InChI=1S/C24H23NO8S/c1-13(26)30-21-12-34-24(29,23(32-15(3)28)22(21)31-14(2)27)18-8-17(10-25-11-18)20-9-16-6-4-5-7-19(16)33-20/h4-11,21-23,29H,12H2,1-3H3/t21-,22+,23-,24-/m1/s1. The molecule has 4 rings (SSSR count). The van der Waals surface area contributed by atoms with E-state index in [-0.39, 0.29) is 5.75 Å². The Bertz CT molecular complexity index is 1210. The molecule has 1 aliphatic heterocycles. The molecule has 3 aromatic rings. The first kappa shape index (κ1) is 23.8. The normalized spacial score (nSPS) is 24.4. The summed E-state index contributed by atoms with van der Waals surface area (Å²) in [6.07, 6.45) is -0.504. The van der Waals surface area contributed by atoms with Crippen LogP contribution in [0.5, 0.6) is 0 Å². The molecule has 0 aliphatic carbocycles. The SMILES string of the molecule is CC(=O)O[C@@H]1[C@@H](OC(C)=O)[C@@](O)(c2cncc(-c3cc4ccccc4o3)c2)SC[C@H]1OC(C)=O. The van der Waals surface area contributed by atoms with Gasteiger partial charge >= 0.3 is 17.9 Å². The number of carbonyl (C=O) groups excluding carboxylic acids is 3. The van der Waals surface area contributed by atoms with Crippen molar-refractivity contribution in [3.8, 4) is 11.3 Å². The number of pyridine rings is 1. The van der Waals surface area contributed by atoms with Gasteiger partial charge in [0, 0.05) is 55.4 Å². The highest BCUT2D eigenvalue weighted by molar-refractivity contribution is 8.00. The predicted octanol–water partition coefficient (Wildman–Crippen LogP) is 3.18. The topological polar surface area (TPSA) is 125 Å². The van der Waals surface area contributed by atoms with Gasteiger partial charge in [-0.15, -0.1) is 11.8 Å². The Balaban J connectivity index is 1.76. The largest absolute Gasteiger partial charge is 0.458 e. The molecule has 34 heavy (non-hydrogen) atoms. The number of rotatable bonds is 5. The molecule has 0 spiro atoms. The van der Waals surface area contributed by atoms with Crippen LogP contribution in [-0.4, -0.2) is 52.1 Å². The van der Waals surface area contributed by atoms with E-state index in [1.807, 2.05) is 30.3 Å². The van der Waals surface area contributed by atoms with Crippen LogP contribution in [0.4, 0.5) is 0 Å². The number of fused-ring (bicyclic) bond motifs is 1. The van der Waals surface area contributed by atoms with Crippen LogP contribution in [0.1, 0.15) is 26.3 Å². The molecule has 0 amide bonds. The van der Waals surface area contributed by atoms with Gasteiger partial charge in [0.1, 0.15) is 11.3 Å². The summed E-state index contributed by atoms with van der Waals surface area (Å²) in [5.74, 6) is -1.35. The van der Waals surface area contributed by atoms with E-state index in [9.17, 15) is 19.5 Å². The summed E-state index contributed by atoms with van der Waals surface area (Å²) in [5.41, 5.74) is 1.60. The molecule has 3 heterocycles. The van der Waals surface area contributed by atoms with E-state index in [1.165, 1.54) is 27.0 Å². The first-order valence-electron chi connectivity index (χ1n) is 10.5. The minimum Gasteiger partial charge on any atom is -0.458 e. The lowest BCUT2D eigenvalue weighted by Crippen LogP contribution is -2.58. The van der Waals surface area contributed by atoms with E-state index in [0.717, 1.165) is 17.1 Å². The first-order chi connectivity index (χ1) is 16.2. The van der Waals surface area contributed by atoms with Crippen LogP contribution in [0.15, 0.2) is 53.2 Å². The molecule has 178 valence electrons. The van der Waals surface area contributed by atoms with Gasteiger partial charge in [-0.1, -0.05) is 18.2 Å². The predicted molar refractivity (Wildman–Crippen MR) is 122 cm³/mol. The van der Waals surface area contributed by atoms with E-state index in [0.29, 0.717) is 22.5 Å². The lowest BCUT2D eigenvalue weighted by molar-refractivity contribution is -0.197. The van der Waals surface area contributed by atoms with Crippen LogP contribution in [0, 0.1) is 0 Å². The zero-order valence-corrected chi connectivity index (χ0v) is 19.5. The van der Waals surface area contributed by atoms with Crippen LogP contribution < -0.4 is 0 Å². The van der Waals surface area contributed by atoms with Crippen LogP contribution in [0.25, 0.3) is 22.3 Å². The van der Waals surface area contributed by atoms with Crippen molar-refractivity contribution < 1.29 is 38.1 Å². The Morgan fingerprint density at radius 1 is 1.03 bits per heavy atom. The van der Waals surface area contributed by atoms with E-state index >= 15 is 0 Å². The number of esters is 3. The van der Waals surface area contributed by atoms with Gasteiger partial charge in [0.25, 0.3) is 0 Å². The Morgan fingerprint density at radius 2 is 1.74 bits per heavy atom. The van der Waals surface area contributed by atoms with Gasteiger partial charge in [0.15, 0.2) is 23.2 Å². The summed E-state index contributed by atoms with van der Waals surface area (Å²) < 4.78 is 22.1. The third-order valence-electron chi connectivity index (χ3n) is 5.29. The van der Waals surface area contributed by atoms with Crippen LogP contribution in [0.2, 0.25) is 0 Å². The molecule has 1 N–H and O–H groups in total. The monoisotopic (exact) mass is 485 g/mol. The molecule has 9 nitrogen and oxygen atoms in total. The number of aromatic nitrogens is 1. The summed E-state index contributed by atoms with van der Waals surface area (Å²) in [5, 5.41) is 12.7. The summed E-state index contributed by atoms with van der Waals surface area (Å²) in [6.45, 7) is 3.58. The number of ether oxygens (including phenoxy) is 3. The molecule has 4 atom stereocenters. The van der Waals surface area contributed by atoms with Crippen molar-refractivity contribution in [1.82, 2.24) is 4.98 Å². The van der Waals surface area contributed by atoms with Crippen molar-refractivity contribution in [2.75, 3.05) is 5.75 Å². The van der Waals surface area contributed by atoms with Crippen molar-refractivity contribution in [3.05, 3.63) is 54.4 Å². The molecule has 0 bridgehead atoms. The highest BCUT2D eigenvalue weighted by atomic mass is 32.2. The zero-order chi connectivity index (χ0) is 24.5. The summed E-state index contributed by atoms with van der Waals surface area (Å²) >= 11 is 0.998. The molecule has 2 aromatic heterocycles. The van der Waals surface area contributed by atoms with Crippen LogP contribution in [0.3, 0.4) is 0 Å². The van der Waals surface area contributed by atoms with Crippen molar-refractivity contribution in [2.24, 2.45) is 0 Å². The molecule has 1 fully saturated rings. The molecule has 1 aromatic carbocycles. The lowest BCUT2D eigenvalue weighted by Gasteiger charge is -2.45. The maximum absolute atomic E-state index is 12.0. The second-order valence-corrected chi connectivity index (χ2v) is 9.11. The Labute approximate surface area is 199 Å². The fraction of sp³-hybridized carbons (Fsp3) is 0.333. The summed E-state index contributed by atoms with van der Waals surface area (Å²) in [4.78, 5) is 37.8. The second kappa shape index (κ2) is 9.47. The molecule has 1 aliphatic rings. The number of carbonyl (C=O) groups is 3. The van der Waals surface area contributed by atoms with E-state index in [4.69, 9.17) is 18.6 Å². The summed E-state index contributed by atoms with van der Waals surface area (Å²) in [6, 6.07) is 11.1. The third kappa shape index (κ3) is 4.78. The van der Waals surface area contributed by atoms with Gasteiger partial charge in [0.05, 0.1) is 0 Å². The smallest absolute Gasteiger partial charge is 0.303 e. The highest BCUT2D eigenvalue weighted by Crippen LogP contribution is 2.47. The van der Waals surface area contributed by atoms with Gasteiger partial charge in [0.2, 0.25) is 0 Å². The number of aliphatic hydroxyl groups is 1. The summed E-state index contributed by atoms with van der Waals surface area (Å²) in [7, 11) is 0. The van der Waals surface area contributed by atoms with Gasteiger partial charge in [-0.3, -0.25) is 19.4 Å². The molecule has 0 radical (unpaired) electrons. The van der Waals surface area contributed by atoms with E-state index < -0.39 is 41.2 Å². The van der Waals surface area contributed by atoms with E-state index in [1.54, 1.807) is 12.3 Å². The number of hydrogen-bond donors (Lipinski definition) is 1. The Hall–Kier alpha value is -3.37. The van der Waals surface area contributed by atoms with Gasteiger partial charge in [-0.25, -0.2) is 0 Å². The van der Waals surface area contributed by atoms with Gasteiger partial charge in [-0.05, 0) is 18.2 Å². The van der Waals surface area contributed by atoms with Crippen molar-refractivity contribution in [2.45, 2.75) is 44.0 Å². The van der Waals surface area contributed by atoms with Gasteiger partial charge < -0.3 is 23.7 Å². The second-order valence-electron chi connectivity index (χ2n) is 7.87. The van der Waals surface area contributed by atoms with Crippen molar-refractivity contribution in [1.29, 1.82) is 0 Å². The average molecular weight is 486 g/mol. The molecule has 0 unspecified atom stereocenters. The lowest BCUT2D eigenvalue weighted by atomic mass is 9.95. The fourth-order valence-corrected chi connectivity index (χ4v) is 5.22. The van der Waals surface area contributed by atoms with Crippen LogP contribution in [-0.2, 0) is 33.5 Å². The number of para-hydroxylation sites is 1. The maximum atomic E-state index is 12.0. The number of furan rings is 1. The highest BCUT2D eigenvalue weighted by Gasteiger charge is 2.56. The maximum Gasteiger partial charge on any atom is 0.303 e. The number of benzene rings is 1. The molecular weight excluding hydrogens is 462 g/mol. The molecular formula is C24H23NO8S. The zero-order valence-electron chi connectivity index (χ0n) is 18.7. The molecule has 0 saturated carbocycles. The minimum absolute atomic E-state index is 0.0840. The van der Waals surface area contributed by atoms with Crippen molar-refractivity contribution >= 4 is 40.6 Å². The Kier molecular flexibility index (Phi) is 6.63. The third-order valence-corrected chi connectivity index (χ3v) is 6.70. The van der Waals surface area contributed by atoms with Gasteiger partial charge in [-0.2, -0.15) is 0 Å². The number of thioether (sulfide) groups is 1. The number of hydrogen-bond acceptors (Lipinski definition) is 10. The quantitative estimate of drug-likeness (QED) is 0.425. The first-order valence-corrected chi connectivity index (χ1v) is 11.5. The number of nitrogens with zero attached hydrogens (tertiary/aromatic N) is 1.